The Kier molecular flexibility index (Phi) is 6.11. The molecule has 6 nitrogen and oxygen atoms in total. The predicted molar refractivity (Wildman–Crippen MR) is 120 cm³/mol. The highest BCUT2D eigenvalue weighted by atomic mass is 79.9. The number of imidazole rings is 1. The number of carbonyl (C=O) groups excluding carboxylic acids is 1. The lowest BCUT2D eigenvalue weighted by atomic mass is 10.2. The van der Waals surface area contributed by atoms with Crippen molar-refractivity contribution in [3.63, 3.8) is 0 Å². The largest absolute Gasteiger partial charge is 0.491 e. The molecule has 0 spiro atoms. The molecule has 0 radical (unpaired) electrons. The molecule has 3 aromatic carbocycles. The number of benzene rings is 3. The molecule has 0 saturated heterocycles. The number of hydrogen-bond acceptors (Lipinski definition) is 4. The second kappa shape index (κ2) is 9.11. The minimum atomic E-state index is -0.683. The summed E-state index contributed by atoms with van der Waals surface area (Å²) in [6.45, 7) is 0.537. The van der Waals surface area contributed by atoms with Crippen LogP contribution in [0.4, 0.5) is 5.69 Å². The fraction of sp³-hybridized carbons (Fsp3) is 0.130. The first-order valence-electron chi connectivity index (χ1n) is 9.47. The second-order valence-corrected chi connectivity index (χ2v) is 7.66. The van der Waals surface area contributed by atoms with E-state index in [1.807, 2.05) is 47.0 Å². The summed E-state index contributed by atoms with van der Waals surface area (Å²) < 4.78 is 8.33. The van der Waals surface area contributed by atoms with Crippen LogP contribution in [0.3, 0.4) is 0 Å². The minimum Gasteiger partial charge on any atom is -0.491 e. The number of ether oxygens (including phenoxy) is 1. The predicted octanol–water partition coefficient (Wildman–Crippen LogP) is 4.49. The molecule has 7 heteroatoms. The average molecular weight is 466 g/mol. The lowest BCUT2D eigenvalue weighted by Crippen LogP contribution is -2.23. The number of aromatic nitrogens is 2. The van der Waals surface area contributed by atoms with E-state index < -0.39 is 6.10 Å². The van der Waals surface area contributed by atoms with Crippen LogP contribution in [0.2, 0.25) is 0 Å². The first-order valence-corrected chi connectivity index (χ1v) is 10.3. The zero-order valence-electron chi connectivity index (χ0n) is 16.0. The Morgan fingerprint density at radius 3 is 2.60 bits per heavy atom. The first-order chi connectivity index (χ1) is 14.6. The Balaban J connectivity index is 1.31. The Bertz CT molecular complexity index is 1160. The van der Waals surface area contributed by atoms with Crippen LogP contribution in [-0.2, 0) is 6.54 Å². The van der Waals surface area contributed by atoms with E-state index in [9.17, 15) is 9.90 Å². The number of anilines is 1. The number of aliphatic hydroxyl groups is 1. The first kappa shape index (κ1) is 20.1. The van der Waals surface area contributed by atoms with Gasteiger partial charge >= 0.3 is 0 Å². The topological polar surface area (TPSA) is 76.4 Å². The van der Waals surface area contributed by atoms with Gasteiger partial charge < -0.3 is 19.7 Å². The lowest BCUT2D eigenvalue weighted by Gasteiger charge is -2.14. The maximum absolute atomic E-state index is 12.4. The van der Waals surface area contributed by atoms with E-state index in [1.54, 1.807) is 36.7 Å². The molecule has 1 atom stereocenters. The number of para-hydroxylation sites is 2. The summed E-state index contributed by atoms with van der Waals surface area (Å²) in [5.41, 5.74) is 3.09. The van der Waals surface area contributed by atoms with Crippen LogP contribution in [0.5, 0.6) is 5.75 Å². The molecule has 152 valence electrons. The Hall–Kier alpha value is -3.16. The molecule has 4 aromatic rings. The second-order valence-electron chi connectivity index (χ2n) is 6.81. The van der Waals surface area contributed by atoms with Gasteiger partial charge in [0.25, 0.3) is 5.91 Å². The minimum absolute atomic E-state index is 0.148. The third-order valence-electron chi connectivity index (χ3n) is 4.61. The van der Waals surface area contributed by atoms with Crippen molar-refractivity contribution in [3.05, 3.63) is 89.2 Å². The summed E-state index contributed by atoms with van der Waals surface area (Å²) in [7, 11) is 0. The number of nitrogens with one attached hydrogen (secondary N) is 1. The number of halogens is 1. The monoisotopic (exact) mass is 465 g/mol. The number of hydrogen-bond donors (Lipinski definition) is 2. The van der Waals surface area contributed by atoms with Crippen molar-refractivity contribution in [2.24, 2.45) is 0 Å². The Morgan fingerprint density at radius 2 is 1.80 bits per heavy atom. The van der Waals surface area contributed by atoms with Gasteiger partial charge in [0, 0.05) is 10.2 Å². The van der Waals surface area contributed by atoms with Gasteiger partial charge in [-0.05, 0) is 64.5 Å². The van der Waals surface area contributed by atoms with Gasteiger partial charge in [-0.3, -0.25) is 4.79 Å². The molecule has 0 fully saturated rings. The van der Waals surface area contributed by atoms with Gasteiger partial charge in [-0.2, -0.15) is 0 Å². The van der Waals surface area contributed by atoms with Gasteiger partial charge in [-0.25, -0.2) is 4.98 Å². The van der Waals surface area contributed by atoms with E-state index >= 15 is 0 Å². The fourth-order valence-corrected chi connectivity index (χ4v) is 3.57. The summed E-state index contributed by atoms with van der Waals surface area (Å²) in [6, 6.07) is 22.1. The number of fused-ring (bicyclic) bond motifs is 1. The van der Waals surface area contributed by atoms with E-state index in [1.165, 1.54) is 0 Å². The molecular formula is C23H20BrN3O3. The molecule has 2 N–H and O–H groups in total. The van der Waals surface area contributed by atoms with Gasteiger partial charge in [0.15, 0.2) is 0 Å². The van der Waals surface area contributed by atoms with E-state index in [0.29, 0.717) is 23.5 Å². The van der Waals surface area contributed by atoms with Gasteiger partial charge in [0.05, 0.1) is 29.5 Å². The molecule has 0 saturated carbocycles. The van der Waals surface area contributed by atoms with E-state index in [2.05, 4.69) is 26.2 Å². The Labute approximate surface area is 182 Å². The summed E-state index contributed by atoms with van der Waals surface area (Å²) in [6.07, 6.45) is 1.04. The van der Waals surface area contributed by atoms with Gasteiger partial charge in [0.2, 0.25) is 0 Å². The molecule has 1 amide bonds. The van der Waals surface area contributed by atoms with Crippen molar-refractivity contribution in [2.45, 2.75) is 12.6 Å². The van der Waals surface area contributed by atoms with Gasteiger partial charge in [-0.15, -0.1) is 0 Å². The van der Waals surface area contributed by atoms with Gasteiger partial charge in [-0.1, -0.05) is 24.3 Å². The number of rotatable bonds is 7. The van der Waals surface area contributed by atoms with Crippen molar-refractivity contribution in [1.82, 2.24) is 9.55 Å². The average Bonchev–Trinajstić information content (AvgIpc) is 3.16. The van der Waals surface area contributed by atoms with Crippen molar-refractivity contribution < 1.29 is 14.6 Å². The van der Waals surface area contributed by atoms with Crippen LogP contribution in [0.15, 0.2) is 83.6 Å². The van der Waals surface area contributed by atoms with E-state index in [0.717, 1.165) is 15.5 Å². The maximum atomic E-state index is 12.4. The summed E-state index contributed by atoms with van der Waals surface area (Å²) in [5, 5.41) is 13.2. The highest BCUT2D eigenvalue weighted by Crippen LogP contribution is 2.20. The number of amides is 1. The number of aliphatic hydroxyl groups excluding tert-OH is 1. The Morgan fingerprint density at radius 1 is 1.07 bits per heavy atom. The smallest absolute Gasteiger partial charge is 0.256 e. The molecule has 1 aromatic heterocycles. The van der Waals surface area contributed by atoms with Gasteiger partial charge in [0.1, 0.15) is 18.5 Å². The van der Waals surface area contributed by atoms with Crippen LogP contribution in [0.1, 0.15) is 10.4 Å². The maximum Gasteiger partial charge on any atom is 0.256 e. The summed E-state index contributed by atoms with van der Waals surface area (Å²) in [5.74, 6) is 0.419. The number of carbonyl (C=O) groups is 1. The quantitative estimate of drug-likeness (QED) is 0.421. The van der Waals surface area contributed by atoms with Crippen LogP contribution in [-0.4, -0.2) is 33.3 Å². The third-order valence-corrected chi connectivity index (χ3v) is 5.30. The standard InChI is InChI=1S/C23H20BrN3O3/c24-20-6-2-1-5-19(20)23(29)26-16-9-11-18(12-10-16)30-14-17(28)13-27-15-25-21-7-3-4-8-22(21)27/h1-12,15,17,28H,13-14H2,(H,26,29). The van der Waals surface area contributed by atoms with E-state index in [4.69, 9.17) is 4.74 Å². The molecule has 4 rings (SSSR count). The highest BCUT2D eigenvalue weighted by molar-refractivity contribution is 9.10. The third kappa shape index (κ3) is 4.69. The zero-order chi connectivity index (χ0) is 20.9. The lowest BCUT2D eigenvalue weighted by molar-refractivity contribution is 0.0934. The number of nitrogens with zero attached hydrogens (tertiary/aromatic N) is 2. The molecule has 30 heavy (non-hydrogen) atoms. The summed E-state index contributed by atoms with van der Waals surface area (Å²) >= 11 is 3.38. The SMILES string of the molecule is O=C(Nc1ccc(OCC(O)Cn2cnc3ccccc32)cc1)c1ccccc1Br. The molecule has 1 unspecified atom stereocenters. The zero-order valence-corrected chi connectivity index (χ0v) is 17.6. The summed E-state index contributed by atoms with van der Waals surface area (Å²) in [4.78, 5) is 16.7. The van der Waals surface area contributed by atoms with Crippen LogP contribution >= 0.6 is 15.9 Å². The molecule has 0 aliphatic rings. The van der Waals surface area contributed by atoms with E-state index in [-0.39, 0.29) is 12.5 Å². The molecule has 0 aliphatic carbocycles. The van der Waals surface area contributed by atoms with Crippen molar-refractivity contribution in [3.8, 4) is 5.75 Å². The van der Waals surface area contributed by atoms with Crippen molar-refractivity contribution in [1.29, 1.82) is 0 Å². The van der Waals surface area contributed by atoms with Crippen LogP contribution in [0.25, 0.3) is 11.0 Å². The molecule has 1 heterocycles. The van der Waals surface area contributed by atoms with Crippen LogP contribution in [0, 0.1) is 0 Å². The van der Waals surface area contributed by atoms with Crippen molar-refractivity contribution in [2.75, 3.05) is 11.9 Å². The van der Waals surface area contributed by atoms with Crippen LogP contribution < -0.4 is 10.1 Å². The fourth-order valence-electron chi connectivity index (χ4n) is 3.11. The molecule has 0 aliphatic heterocycles. The highest BCUT2D eigenvalue weighted by Gasteiger charge is 2.11. The normalized spacial score (nSPS) is 11.9. The van der Waals surface area contributed by atoms with Crippen molar-refractivity contribution >= 4 is 38.6 Å². The molecule has 0 bridgehead atoms. The molecular weight excluding hydrogens is 446 g/mol.